The Balaban J connectivity index is 2.00. The van der Waals surface area contributed by atoms with Gasteiger partial charge in [-0.25, -0.2) is 4.98 Å². The number of aromatic nitrogens is 1. The lowest BCUT2D eigenvalue weighted by atomic mass is 9.95. The quantitative estimate of drug-likeness (QED) is 0.142. The highest BCUT2D eigenvalue weighted by molar-refractivity contribution is 5.98. The van der Waals surface area contributed by atoms with Crippen LogP contribution in [0, 0.1) is 10.1 Å². The van der Waals surface area contributed by atoms with Gasteiger partial charge in [0.15, 0.2) is 0 Å². The molecule has 244 valence electrons. The molecule has 2 heterocycles. The summed E-state index contributed by atoms with van der Waals surface area (Å²) in [6.45, 7) is 6.02. The highest BCUT2D eigenvalue weighted by Crippen LogP contribution is 2.41. The van der Waals surface area contributed by atoms with E-state index in [2.05, 4.69) is 18.1 Å². The number of hydrogen-bond donors (Lipinski definition) is 2. The van der Waals surface area contributed by atoms with E-state index in [1.54, 1.807) is 16.9 Å². The van der Waals surface area contributed by atoms with Crippen LogP contribution in [0.25, 0.3) is 0 Å². The zero-order chi connectivity index (χ0) is 33.4. The Labute approximate surface area is 253 Å². The molecule has 1 aromatic carbocycles. The van der Waals surface area contributed by atoms with E-state index in [0.29, 0.717) is 0 Å². The first-order valence-corrected chi connectivity index (χ1v) is 13.3. The molecule has 2 aromatic rings. The number of amides is 2. The zero-order valence-corrected chi connectivity index (χ0v) is 23.6. The molecular weight excluding hydrogens is 616 g/mol. The van der Waals surface area contributed by atoms with Gasteiger partial charge in [-0.2, -0.15) is 26.3 Å². The van der Waals surface area contributed by atoms with E-state index in [0.717, 1.165) is 11.0 Å². The average molecular weight is 646 g/mol. The number of allylic oxidation sites excluding steroid dienone is 1. The molecular formula is C28H29F6N5O6. The highest BCUT2D eigenvalue weighted by Gasteiger charge is 2.61. The number of alkyl halides is 6. The van der Waals surface area contributed by atoms with Gasteiger partial charge < -0.3 is 14.4 Å². The van der Waals surface area contributed by atoms with Gasteiger partial charge in [-0.05, 0) is 24.8 Å². The van der Waals surface area contributed by atoms with E-state index in [4.69, 9.17) is 9.47 Å². The number of carbonyl (C=O) groups is 2. The summed E-state index contributed by atoms with van der Waals surface area (Å²) in [6, 6.07) is 6.96. The lowest BCUT2D eigenvalue weighted by Crippen LogP contribution is -2.61. The van der Waals surface area contributed by atoms with Gasteiger partial charge in [0, 0.05) is 12.6 Å². The number of nitro groups is 1. The molecule has 1 fully saturated rings. The van der Waals surface area contributed by atoms with Crippen LogP contribution in [0.3, 0.4) is 0 Å². The second-order valence-corrected chi connectivity index (χ2v) is 9.76. The summed E-state index contributed by atoms with van der Waals surface area (Å²) < 4.78 is 95.9. The van der Waals surface area contributed by atoms with Gasteiger partial charge in [0.25, 0.3) is 11.8 Å². The van der Waals surface area contributed by atoms with Gasteiger partial charge >= 0.3 is 18.0 Å². The number of ether oxygens (including phenoxy) is 2. The molecule has 1 aromatic heterocycles. The molecule has 1 aliphatic rings. The van der Waals surface area contributed by atoms with Crippen LogP contribution in [0.1, 0.15) is 40.9 Å². The Morgan fingerprint density at radius 2 is 1.82 bits per heavy atom. The van der Waals surface area contributed by atoms with E-state index in [1.807, 2.05) is 0 Å². The van der Waals surface area contributed by atoms with Gasteiger partial charge in [0.1, 0.15) is 11.4 Å². The number of halogens is 6. The molecule has 1 saturated heterocycles. The van der Waals surface area contributed by atoms with Crippen LogP contribution in [0.4, 0.5) is 37.8 Å². The standard InChI is InChI=1S/C28H29F6N5O6/c1-3-5-12-26(28(32,33)34,45-16-18-10-7-6-8-11-18)25(41)37-36-24(40)22-21(39(42)43)15-20(27(29,30)31)23(35-22)38-13-14-44-17-19(38)9-4-2/h3-4,6-8,10-11,15,19H,1-2,5,9,12-14,16-17H2,(H,36,40)(H,37,41)/t19-,26?/m1/s1. The van der Waals surface area contributed by atoms with Gasteiger partial charge in [-0.3, -0.25) is 30.6 Å². The van der Waals surface area contributed by atoms with Crippen molar-refractivity contribution >= 4 is 23.3 Å². The van der Waals surface area contributed by atoms with Crippen LogP contribution < -0.4 is 15.8 Å². The van der Waals surface area contributed by atoms with Gasteiger partial charge in [0.2, 0.25) is 11.3 Å². The maximum atomic E-state index is 14.4. The van der Waals surface area contributed by atoms with Crippen molar-refractivity contribution in [2.75, 3.05) is 24.7 Å². The van der Waals surface area contributed by atoms with Crippen LogP contribution in [-0.4, -0.2) is 59.3 Å². The highest BCUT2D eigenvalue weighted by atomic mass is 19.4. The SMILES string of the molecule is C=CCCC(OCc1ccccc1)(C(=O)NNC(=O)c1nc(N2CCOC[C@H]2CC=C)c(C(F)(F)F)cc1[N+](=O)[O-])C(F)(F)F. The van der Waals surface area contributed by atoms with E-state index < -0.39 is 76.5 Å². The molecule has 11 nitrogen and oxygen atoms in total. The fourth-order valence-electron chi connectivity index (χ4n) is 4.51. The third-order valence-electron chi connectivity index (χ3n) is 6.78. The van der Waals surface area contributed by atoms with Crippen molar-refractivity contribution < 1.29 is 50.3 Å². The Morgan fingerprint density at radius 3 is 2.40 bits per heavy atom. The van der Waals surface area contributed by atoms with E-state index in [1.165, 1.54) is 30.3 Å². The minimum atomic E-state index is -5.33. The number of rotatable bonds is 12. The molecule has 2 N–H and O–H groups in total. The third kappa shape index (κ3) is 8.16. The molecule has 2 amide bonds. The number of anilines is 1. The topological polar surface area (TPSA) is 136 Å². The zero-order valence-electron chi connectivity index (χ0n) is 23.6. The minimum absolute atomic E-state index is 0.0333. The summed E-state index contributed by atoms with van der Waals surface area (Å²) >= 11 is 0. The fraction of sp³-hybridized carbons (Fsp3) is 0.393. The number of carbonyl (C=O) groups excluding carboxylic acids is 2. The summed E-state index contributed by atoms with van der Waals surface area (Å²) in [5.74, 6) is -4.39. The molecule has 2 atom stereocenters. The van der Waals surface area contributed by atoms with Crippen molar-refractivity contribution in [3.05, 3.63) is 88.6 Å². The Bertz CT molecular complexity index is 1400. The molecule has 17 heteroatoms. The van der Waals surface area contributed by atoms with Crippen LogP contribution in [0.15, 0.2) is 61.7 Å². The van der Waals surface area contributed by atoms with Crippen LogP contribution in [0.5, 0.6) is 0 Å². The predicted molar refractivity (Wildman–Crippen MR) is 148 cm³/mol. The van der Waals surface area contributed by atoms with Crippen molar-refractivity contribution in [2.45, 2.75) is 49.9 Å². The molecule has 0 bridgehead atoms. The van der Waals surface area contributed by atoms with E-state index >= 15 is 0 Å². The van der Waals surface area contributed by atoms with E-state index in [9.17, 15) is 46.0 Å². The molecule has 45 heavy (non-hydrogen) atoms. The molecule has 1 aliphatic heterocycles. The number of nitrogens with one attached hydrogen (secondary N) is 2. The largest absolute Gasteiger partial charge is 0.426 e. The van der Waals surface area contributed by atoms with Crippen molar-refractivity contribution in [2.24, 2.45) is 0 Å². The fourth-order valence-corrected chi connectivity index (χ4v) is 4.51. The van der Waals surface area contributed by atoms with Crippen molar-refractivity contribution in [3.63, 3.8) is 0 Å². The molecule has 0 radical (unpaired) electrons. The Hall–Kier alpha value is -4.51. The lowest BCUT2D eigenvalue weighted by molar-refractivity contribution is -0.385. The molecule has 0 saturated carbocycles. The number of nitrogens with zero attached hydrogens (tertiary/aromatic N) is 3. The summed E-state index contributed by atoms with van der Waals surface area (Å²) in [5, 5.41) is 11.7. The number of hydrazine groups is 1. The number of hydrogen-bond acceptors (Lipinski definition) is 8. The third-order valence-corrected chi connectivity index (χ3v) is 6.78. The normalized spacial score (nSPS) is 16.8. The van der Waals surface area contributed by atoms with Crippen LogP contribution in [0.2, 0.25) is 0 Å². The second kappa shape index (κ2) is 14.5. The number of pyridine rings is 1. The van der Waals surface area contributed by atoms with Crippen LogP contribution in [-0.2, 0) is 27.1 Å². The maximum Gasteiger partial charge on any atom is 0.426 e. The number of benzene rings is 1. The smallest absolute Gasteiger partial charge is 0.377 e. The average Bonchev–Trinajstić information content (AvgIpc) is 2.99. The minimum Gasteiger partial charge on any atom is -0.377 e. The first-order chi connectivity index (χ1) is 21.2. The van der Waals surface area contributed by atoms with E-state index in [-0.39, 0.29) is 44.2 Å². The monoisotopic (exact) mass is 645 g/mol. The van der Waals surface area contributed by atoms with Crippen molar-refractivity contribution in [1.29, 1.82) is 0 Å². The van der Waals surface area contributed by atoms with Gasteiger partial charge in [-0.1, -0.05) is 42.5 Å². The summed E-state index contributed by atoms with van der Waals surface area (Å²) in [6.07, 6.45) is -9.15. The molecule has 0 aliphatic carbocycles. The Morgan fingerprint density at radius 1 is 1.13 bits per heavy atom. The maximum absolute atomic E-state index is 14.4. The van der Waals surface area contributed by atoms with Crippen molar-refractivity contribution in [3.8, 4) is 0 Å². The Kier molecular flexibility index (Phi) is 11.3. The first-order valence-electron chi connectivity index (χ1n) is 13.3. The lowest BCUT2D eigenvalue weighted by Gasteiger charge is -2.37. The van der Waals surface area contributed by atoms with Gasteiger partial charge in [0.05, 0.1) is 30.8 Å². The van der Waals surface area contributed by atoms with Crippen molar-refractivity contribution in [1.82, 2.24) is 15.8 Å². The predicted octanol–water partition coefficient (Wildman–Crippen LogP) is 5.04. The second-order valence-electron chi connectivity index (χ2n) is 9.76. The first kappa shape index (κ1) is 35.0. The molecule has 1 unspecified atom stereocenters. The molecule has 0 spiro atoms. The van der Waals surface area contributed by atoms with Crippen LogP contribution >= 0.6 is 0 Å². The van der Waals surface area contributed by atoms with Gasteiger partial charge in [-0.15, -0.1) is 13.2 Å². The molecule has 3 rings (SSSR count). The summed E-state index contributed by atoms with van der Waals surface area (Å²) in [7, 11) is 0. The summed E-state index contributed by atoms with van der Waals surface area (Å²) in [4.78, 5) is 41.4. The number of morpholine rings is 1. The summed E-state index contributed by atoms with van der Waals surface area (Å²) in [5.41, 5.74) is -4.18.